The SMILES string of the molecule is Cc1c(C#N)c(NC(=O)CN2CCC[C@@H]2c2ccc3c(c2)OCCO3)n(C[C@H]2CCCO2)c1C. The van der Waals surface area contributed by atoms with Crippen LogP contribution in [0.2, 0.25) is 0 Å². The lowest BCUT2D eigenvalue weighted by atomic mass is 10.0. The van der Waals surface area contributed by atoms with Crippen molar-refractivity contribution in [2.75, 3.05) is 38.2 Å². The van der Waals surface area contributed by atoms with E-state index >= 15 is 0 Å². The number of likely N-dealkylation sites (tertiary alicyclic amines) is 1. The molecule has 0 aliphatic carbocycles. The highest BCUT2D eigenvalue weighted by atomic mass is 16.6. The van der Waals surface area contributed by atoms with Gasteiger partial charge in [0.15, 0.2) is 11.5 Å². The molecule has 3 aliphatic heterocycles. The fraction of sp³-hybridized carbons (Fsp3) is 0.538. The smallest absolute Gasteiger partial charge is 0.239 e. The summed E-state index contributed by atoms with van der Waals surface area (Å²) >= 11 is 0. The Morgan fingerprint density at radius 1 is 1.15 bits per heavy atom. The fourth-order valence-corrected chi connectivity index (χ4v) is 5.37. The van der Waals surface area contributed by atoms with Gasteiger partial charge in [0.1, 0.15) is 25.1 Å². The van der Waals surface area contributed by atoms with E-state index in [1.165, 1.54) is 0 Å². The molecule has 2 saturated heterocycles. The molecule has 8 heteroatoms. The molecule has 0 radical (unpaired) electrons. The van der Waals surface area contributed by atoms with Gasteiger partial charge in [-0.05, 0) is 69.3 Å². The molecule has 0 unspecified atom stereocenters. The maximum absolute atomic E-state index is 13.2. The van der Waals surface area contributed by atoms with Crippen molar-refractivity contribution in [2.24, 2.45) is 0 Å². The first-order valence-corrected chi connectivity index (χ1v) is 12.2. The fourth-order valence-electron chi connectivity index (χ4n) is 5.37. The van der Waals surface area contributed by atoms with E-state index in [-0.39, 0.29) is 24.6 Å². The molecule has 1 aromatic carbocycles. The van der Waals surface area contributed by atoms with Gasteiger partial charge in [-0.3, -0.25) is 9.69 Å². The van der Waals surface area contributed by atoms with Crippen molar-refractivity contribution < 1.29 is 19.0 Å². The van der Waals surface area contributed by atoms with Crippen LogP contribution in [0.25, 0.3) is 0 Å². The number of hydrogen-bond acceptors (Lipinski definition) is 6. The van der Waals surface area contributed by atoms with E-state index < -0.39 is 0 Å². The second kappa shape index (κ2) is 9.69. The largest absolute Gasteiger partial charge is 0.486 e. The summed E-state index contributed by atoms with van der Waals surface area (Å²) in [6.07, 6.45) is 4.18. The number of amides is 1. The number of nitrogens with one attached hydrogen (secondary N) is 1. The number of aromatic nitrogens is 1. The highest BCUT2D eigenvalue weighted by molar-refractivity contribution is 5.93. The maximum atomic E-state index is 13.2. The van der Waals surface area contributed by atoms with E-state index in [1.54, 1.807) is 0 Å². The van der Waals surface area contributed by atoms with E-state index in [1.807, 2.05) is 30.5 Å². The molecule has 1 amide bonds. The number of carbonyl (C=O) groups excluding carboxylic acids is 1. The quantitative estimate of drug-likeness (QED) is 0.701. The molecule has 2 aromatic rings. The molecule has 2 fully saturated rings. The first kappa shape index (κ1) is 22.8. The number of rotatable bonds is 6. The zero-order chi connectivity index (χ0) is 23.7. The summed E-state index contributed by atoms with van der Waals surface area (Å²) < 4.78 is 19.3. The number of anilines is 1. The lowest BCUT2D eigenvalue weighted by molar-refractivity contribution is -0.117. The third kappa shape index (κ3) is 4.38. The van der Waals surface area contributed by atoms with Crippen molar-refractivity contribution >= 4 is 11.7 Å². The van der Waals surface area contributed by atoms with Gasteiger partial charge in [-0.1, -0.05) is 6.07 Å². The molecule has 1 N–H and O–H groups in total. The minimum atomic E-state index is -0.105. The molecule has 8 nitrogen and oxygen atoms in total. The minimum absolute atomic E-state index is 0.105. The Hall–Kier alpha value is -3.02. The van der Waals surface area contributed by atoms with E-state index in [2.05, 4.69) is 22.4 Å². The number of nitrogens with zero attached hydrogens (tertiary/aromatic N) is 3. The molecule has 1 aromatic heterocycles. The predicted molar refractivity (Wildman–Crippen MR) is 127 cm³/mol. The second-order valence-corrected chi connectivity index (χ2v) is 9.37. The minimum Gasteiger partial charge on any atom is -0.486 e. The van der Waals surface area contributed by atoms with Gasteiger partial charge in [0, 0.05) is 18.3 Å². The van der Waals surface area contributed by atoms with Crippen molar-refractivity contribution in [2.45, 2.75) is 58.2 Å². The molecule has 2 atom stereocenters. The van der Waals surface area contributed by atoms with Gasteiger partial charge in [-0.25, -0.2) is 0 Å². The Bertz CT molecular complexity index is 1110. The van der Waals surface area contributed by atoms with Gasteiger partial charge in [0.25, 0.3) is 0 Å². The van der Waals surface area contributed by atoms with Crippen LogP contribution in [0, 0.1) is 25.2 Å². The molecule has 0 spiro atoms. The summed E-state index contributed by atoms with van der Waals surface area (Å²) in [7, 11) is 0. The zero-order valence-electron chi connectivity index (χ0n) is 19.9. The summed E-state index contributed by atoms with van der Waals surface area (Å²) in [5, 5.41) is 12.9. The molecule has 180 valence electrons. The highest BCUT2D eigenvalue weighted by Crippen LogP contribution is 2.38. The van der Waals surface area contributed by atoms with Crippen molar-refractivity contribution in [1.29, 1.82) is 5.26 Å². The number of nitriles is 1. The van der Waals surface area contributed by atoms with Crippen LogP contribution in [0.15, 0.2) is 18.2 Å². The number of fused-ring (bicyclic) bond motifs is 1. The van der Waals surface area contributed by atoms with Gasteiger partial charge in [-0.2, -0.15) is 5.26 Å². The molecule has 0 bridgehead atoms. The van der Waals surface area contributed by atoms with Crippen LogP contribution in [0.5, 0.6) is 11.5 Å². The monoisotopic (exact) mass is 464 g/mol. The number of ether oxygens (including phenoxy) is 3. The summed E-state index contributed by atoms with van der Waals surface area (Å²) in [6.45, 7) is 7.60. The van der Waals surface area contributed by atoms with E-state index in [0.29, 0.717) is 31.1 Å². The zero-order valence-corrected chi connectivity index (χ0v) is 19.9. The Kier molecular flexibility index (Phi) is 6.48. The standard InChI is InChI=1S/C26H32N4O4/c1-17-18(2)30(15-20-5-4-10-32-20)26(21(17)14-27)28-25(31)16-29-9-3-6-22(29)19-7-8-23-24(13-19)34-12-11-33-23/h7-8,13,20,22H,3-6,9-12,15-16H2,1-2H3,(H,28,31)/t20-,22-/m1/s1. The Morgan fingerprint density at radius 3 is 2.74 bits per heavy atom. The Balaban J connectivity index is 1.32. The second-order valence-electron chi connectivity index (χ2n) is 9.37. The maximum Gasteiger partial charge on any atom is 0.239 e. The van der Waals surface area contributed by atoms with Crippen molar-refractivity contribution in [3.05, 3.63) is 40.6 Å². The normalized spacial score (nSPS) is 22.0. The molecule has 3 aliphatic rings. The first-order valence-electron chi connectivity index (χ1n) is 12.2. The Labute approximate surface area is 200 Å². The average Bonchev–Trinajstić information content (AvgIpc) is 3.57. The van der Waals surface area contributed by atoms with E-state index in [4.69, 9.17) is 14.2 Å². The molecule has 0 saturated carbocycles. The molecule has 5 rings (SSSR count). The van der Waals surface area contributed by atoms with E-state index in [9.17, 15) is 10.1 Å². The topological polar surface area (TPSA) is 88.8 Å². The molecular weight excluding hydrogens is 432 g/mol. The number of carbonyl (C=O) groups is 1. The highest BCUT2D eigenvalue weighted by Gasteiger charge is 2.30. The van der Waals surface area contributed by atoms with Crippen molar-refractivity contribution in [3.8, 4) is 17.6 Å². The Morgan fingerprint density at radius 2 is 1.97 bits per heavy atom. The predicted octanol–water partition coefficient (Wildman–Crippen LogP) is 3.70. The van der Waals surface area contributed by atoms with Crippen molar-refractivity contribution in [3.63, 3.8) is 0 Å². The van der Waals surface area contributed by atoms with Crippen LogP contribution >= 0.6 is 0 Å². The van der Waals surface area contributed by atoms with Crippen LogP contribution < -0.4 is 14.8 Å². The van der Waals surface area contributed by atoms with E-state index in [0.717, 1.165) is 67.2 Å². The third-order valence-electron chi connectivity index (χ3n) is 7.27. The molecule has 34 heavy (non-hydrogen) atoms. The van der Waals surface area contributed by atoms with Gasteiger partial charge in [0.2, 0.25) is 5.91 Å². The van der Waals surface area contributed by atoms with Crippen LogP contribution in [-0.2, 0) is 16.1 Å². The van der Waals surface area contributed by atoms with Gasteiger partial charge in [-0.15, -0.1) is 0 Å². The number of benzene rings is 1. The number of hydrogen-bond donors (Lipinski definition) is 1. The summed E-state index contributed by atoms with van der Waals surface area (Å²) in [5.41, 5.74) is 3.58. The lowest BCUT2D eigenvalue weighted by Gasteiger charge is -2.26. The van der Waals surface area contributed by atoms with Gasteiger partial charge < -0.3 is 24.1 Å². The summed E-state index contributed by atoms with van der Waals surface area (Å²) in [5.74, 6) is 2.04. The third-order valence-corrected chi connectivity index (χ3v) is 7.27. The first-order chi connectivity index (χ1) is 16.5. The van der Waals surface area contributed by atoms with Crippen LogP contribution in [0.3, 0.4) is 0 Å². The van der Waals surface area contributed by atoms with Crippen LogP contribution in [0.4, 0.5) is 5.82 Å². The van der Waals surface area contributed by atoms with Crippen LogP contribution in [-0.4, -0.2) is 54.4 Å². The summed E-state index contributed by atoms with van der Waals surface area (Å²) in [6, 6.07) is 8.53. The van der Waals surface area contributed by atoms with Crippen molar-refractivity contribution in [1.82, 2.24) is 9.47 Å². The summed E-state index contributed by atoms with van der Waals surface area (Å²) in [4.78, 5) is 15.4. The lowest BCUT2D eigenvalue weighted by Crippen LogP contribution is -2.34. The molecular formula is C26H32N4O4. The average molecular weight is 465 g/mol. The van der Waals surface area contributed by atoms with Gasteiger partial charge >= 0.3 is 0 Å². The van der Waals surface area contributed by atoms with Gasteiger partial charge in [0.05, 0.1) is 24.8 Å². The molecule has 4 heterocycles. The van der Waals surface area contributed by atoms with Crippen LogP contribution in [0.1, 0.15) is 54.1 Å².